The molecular formula is C13H28N2. The van der Waals surface area contributed by atoms with Gasteiger partial charge in [-0.05, 0) is 58.3 Å². The van der Waals surface area contributed by atoms with Gasteiger partial charge < -0.3 is 10.2 Å². The second-order valence-corrected chi connectivity index (χ2v) is 5.40. The molecule has 1 rings (SSSR count). The minimum atomic E-state index is 0.825. The normalized spacial score (nSPS) is 32.2. The van der Waals surface area contributed by atoms with Crippen molar-refractivity contribution in [1.82, 2.24) is 10.2 Å². The highest BCUT2D eigenvalue weighted by molar-refractivity contribution is 4.82. The maximum atomic E-state index is 3.22. The van der Waals surface area contributed by atoms with E-state index in [1.807, 2.05) is 7.05 Å². The molecule has 15 heavy (non-hydrogen) atoms. The average Bonchev–Trinajstić information content (AvgIpc) is 2.22. The monoisotopic (exact) mass is 212 g/mol. The summed E-state index contributed by atoms with van der Waals surface area (Å²) >= 11 is 0. The van der Waals surface area contributed by atoms with Crippen LogP contribution in [0.25, 0.3) is 0 Å². The van der Waals surface area contributed by atoms with Crippen molar-refractivity contribution in [3.05, 3.63) is 0 Å². The minimum absolute atomic E-state index is 0.825. The minimum Gasteiger partial charge on any atom is -0.320 e. The van der Waals surface area contributed by atoms with Gasteiger partial charge in [0.05, 0.1) is 0 Å². The Morgan fingerprint density at radius 1 is 1.27 bits per heavy atom. The maximum Gasteiger partial charge on any atom is 0.0120 e. The fourth-order valence-corrected chi connectivity index (χ4v) is 2.79. The van der Waals surface area contributed by atoms with Crippen LogP contribution in [0.4, 0.5) is 0 Å². The predicted molar refractivity (Wildman–Crippen MR) is 67.1 cm³/mol. The first-order chi connectivity index (χ1) is 7.15. The van der Waals surface area contributed by atoms with Crippen molar-refractivity contribution in [1.29, 1.82) is 0 Å². The summed E-state index contributed by atoms with van der Waals surface area (Å²) in [6.07, 6.45) is 5.52. The average molecular weight is 212 g/mol. The standard InChI is InChI=1S/C13H28N2/c1-11-6-7-12(2)13(10-11)15(4)9-5-8-14-3/h11-14H,5-10H2,1-4H3. The van der Waals surface area contributed by atoms with Crippen LogP contribution in [0.3, 0.4) is 0 Å². The van der Waals surface area contributed by atoms with E-state index < -0.39 is 0 Å². The maximum absolute atomic E-state index is 3.22. The zero-order valence-corrected chi connectivity index (χ0v) is 10.9. The summed E-state index contributed by atoms with van der Waals surface area (Å²) in [4.78, 5) is 2.58. The molecule has 0 aromatic heterocycles. The van der Waals surface area contributed by atoms with Crippen LogP contribution in [0.1, 0.15) is 39.5 Å². The Morgan fingerprint density at radius 3 is 2.67 bits per heavy atom. The van der Waals surface area contributed by atoms with Gasteiger partial charge in [-0.2, -0.15) is 0 Å². The van der Waals surface area contributed by atoms with Gasteiger partial charge in [0.25, 0.3) is 0 Å². The molecular weight excluding hydrogens is 184 g/mol. The Morgan fingerprint density at radius 2 is 2.00 bits per heavy atom. The molecule has 90 valence electrons. The molecule has 0 saturated heterocycles. The van der Waals surface area contributed by atoms with E-state index >= 15 is 0 Å². The van der Waals surface area contributed by atoms with E-state index in [2.05, 4.69) is 31.1 Å². The first kappa shape index (κ1) is 13.0. The second-order valence-electron chi connectivity index (χ2n) is 5.40. The van der Waals surface area contributed by atoms with E-state index in [9.17, 15) is 0 Å². The molecule has 3 atom stereocenters. The summed E-state index contributed by atoms with van der Waals surface area (Å²) in [5.41, 5.74) is 0. The highest BCUT2D eigenvalue weighted by atomic mass is 15.1. The molecule has 0 aliphatic heterocycles. The Kier molecular flexibility index (Phi) is 5.62. The molecule has 1 fully saturated rings. The van der Waals surface area contributed by atoms with Crippen molar-refractivity contribution in [2.45, 2.75) is 45.6 Å². The van der Waals surface area contributed by atoms with E-state index in [-0.39, 0.29) is 0 Å². The lowest BCUT2D eigenvalue weighted by atomic mass is 9.79. The largest absolute Gasteiger partial charge is 0.320 e. The SMILES string of the molecule is CNCCCN(C)C1CC(C)CCC1C. The third kappa shape index (κ3) is 4.12. The molecule has 1 N–H and O–H groups in total. The van der Waals surface area contributed by atoms with E-state index in [1.165, 1.54) is 32.2 Å². The Labute approximate surface area is 95.4 Å². The van der Waals surface area contributed by atoms with Crippen LogP contribution in [-0.4, -0.2) is 38.1 Å². The van der Waals surface area contributed by atoms with Crippen molar-refractivity contribution < 1.29 is 0 Å². The highest BCUT2D eigenvalue weighted by Gasteiger charge is 2.27. The lowest BCUT2D eigenvalue weighted by molar-refractivity contribution is 0.113. The Hall–Kier alpha value is -0.0800. The third-order valence-electron chi connectivity index (χ3n) is 3.92. The molecule has 0 aromatic rings. The summed E-state index contributed by atoms with van der Waals surface area (Å²) in [6, 6.07) is 0.825. The van der Waals surface area contributed by atoms with E-state index in [1.54, 1.807) is 0 Å². The molecule has 3 unspecified atom stereocenters. The van der Waals surface area contributed by atoms with Crippen molar-refractivity contribution >= 4 is 0 Å². The molecule has 2 heteroatoms. The van der Waals surface area contributed by atoms with Gasteiger partial charge in [0.1, 0.15) is 0 Å². The van der Waals surface area contributed by atoms with Crippen LogP contribution in [0.5, 0.6) is 0 Å². The van der Waals surface area contributed by atoms with Crippen LogP contribution in [0.15, 0.2) is 0 Å². The molecule has 1 saturated carbocycles. The van der Waals surface area contributed by atoms with Gasteiger partial charge in [-0.1, -0.05) is 20.3 Å². The molecule has 0 radical (unpaired) electrons. The van der Waals surface area contributed by atoms with Crippen molar-refractivity contribution in [3.8, 4) is 0 Å². The van der Waals surface area contributed by atoms with Crippen molar-refractivity contribution in [2.75, 3.05) is 27.2 Å². The van der Waals surface area contributed by atoms with Crippen LogP contribution >= 0.6 is 0 Å². The number of hydrogen-bond donors (Lipinski definition) is 1. The zero-order valence-electron chi connectivity index (χ0n) is 10.9. The van der Waals surface area contributed by atoms with E-state index in [0.29, 0.717) is 0 Å². The van der Waals surface area contributed by atoms with Crippen LogP contribution in [0.2, 0.25) is 0 Å². The summed E-state index contributed by atoms with van der Waals surface area (Å²) in [7, 11) is 4.33. The van der Waals surface area contributed by atoms with Gasteiger partial charge in [-0.3, -0.25) is 0 Å². The molecule has 0 amide bonds. The van der Waals surface area contributed by atoms with Gasteiger partial charge in [0.15, 0.2) is 0 Å². The number of nitrogens with zero attached hydrogens (tertiary/aromatic N) is 1. The molecule has 0 heterocycles. The summed E-state index contributed by atoms with van der Waals surface area (Å²) < 4.78 is 0. The lowest BCUT2D eigenvalue weighted by Crippen LogP contribution is -2.41. The topological polar surface area (TPSA) is 15.3 Å². The van der Waals surface area contributed by atoms with Crippen LogP contribution in [0, 0.1) is 11.8 Å². The molecule has 0 spiro atoms. The lowest BCUT2D eigenvalue weighted by Gasteiger charge is -2.39. The molecule has 2 nitrogen and oxygen atoms in total. The third-order valence-corrected chi connectivity index (χ3v) is 3.92. The first-order valence-electron chi connectivity index (χ1n) is 6.50. The molecule has 0 aromatic carbocycles. The van der Waals surface area contributed by atoms with Crippen LogP contribution < -0.4 is 5.32 Å². The van der Waals surface area contributed by atoms with Gasteiger partial charge in [0.2, 0.25) is 0 Å². The van der Waals surface area contributed by atoms with Crippen LogP contribution in [-0.2, 0) is 0 Å². The quantitative estimate of drug-likeness (QED) is 0.704. The van der Waals surface area contributed by atoms with Gasteiger partial charge in [-0.25, -0.2) is 0 Å². The first-order valence-corrected chi connectivity index (χ1v) is 6.50. The fraction of sp³-hybridized carbons (Fsp3) is 1.00. The van der Waals surface area contributed by atoms with Gasteiger partial charge in [0, 0.05) is 6.04 Å². The number of rotatable bonds is 5. The molecule has 0 bridgehead atoms. The fourth-order valence-electron chi connectivity index (χ4n) is 2.79. The van der Waals surface area contributed by atoms with Crippen molar-refractivity contribution in [3.63, 3.8) is 0 Å². The highest BCUT2D eigenvalue weighted by Crippen LogP contribution is 2.31. The Balaban J connectivity index is 2.32. The number of nitrogens with one attached hydrogen (secondary N) is 1. The van der Waals surface area contributed by atoms with Gasteiger partial charge in [-0.15, -0.1) is 0 Å². The molecule has 1 aliphatic carbocycles. The predicted octanol–water partition coefficient (Wildman–Crippen LogP) is 2.35. The molecule has 1 aliphatic rings. The summed E-state index contributed by atoms with van der Waals surface area (Å²) in [5.74, 6) is 1.82. The second kappa shape index (κ2) is 6.49. The zero-order chi connectivity index (χ0) is 11.3. The Bertz CT molecular complexity index is 170. The summed E-state index contributed by atoms with van der Waals surface area (Å²) in [5, 5.41) is 3.22. The van der Waals surface area contributed by atoms with Crippen molar-refractivity contribution in [2.24, 2.45) is 11.8 Å². The van der Waals surface area contributed by atoms with E-state index in [0.717, 1.165) is 24.4 Å². The van der Waals surface area contributed by atoms with Gasteiger partial charge >= 0.3 is 0 Å². The smallest absolute Gasteiger partial charge is 0.0120 e. The van der Waals surface area contributed by atoms with E-state index in [4.69, 9.17) is 0 Å². The summed E-state index contributed by atoms with van der Waals surface area (Å²) in [6.45, 7) is 7.20. The number of hydrogen-bond acceptors (Lipinski definition) is 2.